The number of ether oxygens (including phenoxy) is 7. The average Bonchev–Trinajstić information content (AvgIpc) is 4.22. The van der Waals surface area contributed by atoms with E-state index in [1.165, 1.54) is 24.8 Å². The number of likely N-dealkylation sites (N-methyl/N-ethyl adjacent to an activating group) is 2. The van der Waals surface area contributed by atoms with Crippen LogP contribution in [0.15, 0.2) is 90.4 Å². The minimum atomic E-state index is -0.719. The zero-order valence-electron chi connectivity index (χ0n) is 46.0. The van der Waals surface area contributed by atoms with Crippen molar-refractivity contribution in [3.63, 3.8) is 0 Å². The fourth-order valence-electron chi connectivity index (χ4n) is 8.96. The Morgan fingerprint density at radius 2 is 1.16 bits per heavy atom. The quantitative estimate of drug-likeness (QED) is 0.0882. The van der Waals surface area contributed by atoms with Gasteiger partial charge in [-0.25, -0.2) is 24.9 Å². The number of aliphatic hydroxyl groups is 1. The Kier molecular flexibility index (Phi) is 19.3. The van der Waals surface area contributed by atoms with E-state index in [0.29, 0.717) is 91.8 Å². The smallest absolute Gasteiger partial charge is 0.274 e. The monoisotopic (exact) mass is 1090 g/mol. The highest BCUT2D eigenvalue weighted by molar-refractivity contribution is 5.95. The number of aromatic amines is 1. The highest BCUT2D eigenvalue weighted by Crippen LogP contribution is 2.35. The maximum Gasteiger partial charge on any atom is 0.274 e. The first kappa shape index (κ1) is 57.2. The minimum absolute atomic E-state index is 0.0649. The maximum absolute atomic E-state index is 12.8. The summed E-state index contributed by atoms with van der Waals surface area (Å²) in [6.45, 7) is 15.0. The van der Waals surface area contributed by atoms with Crippen molar-refractivity contribution in [2.45, 2.75) is 58.7 Å². The van der Waals surface area contributed by atoms with Gasteiger partial charge in [-0.1, -0.05) is 0 Å². The van der Waals surface area contributed by atoms with Gasteiger partial charge in [0, 0.05) is 108 Å². The Hall–Kier alpha value is -7.96. The molecule has 79 heavy (non-hydrogen) atoms. The second-order valence-electron chi connectivity index (χ2n) is 19.8. The van der Waals surface area contributed by atoms with E-state index in [4.69, 9.17) is 38.9 Å². The number of amides is 3. The van der Waals surface area contributed by atoms with Gasteiger partial charge in [0.1, 0.15) is 64.1 Å². The van der Waals surface area contributed by atoms with E-state index < -0.39 is 12.0 Å². The lowest BCUT2D eigenvalue weighted by Gasteiger charge is -2.32. The number of methoxy groups -OCH3 is 2. The summed E-state index contributed by atoms with van der Waals surface area (Å²) in [5, 5.41) is 10.1. The number of primary amides is 1. The van der Waals surface area contributed by atoms with Gasteiger partial charge in [0.05, 0.1) is 50.6 Å². The molecule has 4 N–H and O–H groups in total. The molecule has 0 aliphatic carbocycles. The van der Waals surface area contributed by atoms with Crippen molar-refractivity contribution in [3.05, 3.63) is 108 Å². The molecule has 3 amide bonds. The highest BCUT2D eigenvalue weighted by atomic mass is 16.5. The van der Waals surface area contributed by atoms with Crippen LogP contribution in [0.25, 0.3) is 22.5 Å². The molecule has 4 atom stereocenters. The Labute approximate surface area is 459 Å². The number of benzene rings is 2. The van der Waals surface area contributed by atoms with Gasteiger partial charge in [-0.15, -0.1) is 0 Å². The van der Waals surface area contributed by atoms with Crippen LogP contribution >= 0.6 is 0 Å². The maximum atomic E-state index is 12.8. The number of hydrogen-bond acceptors (Lipinski definition) is 18. The lowest BCUT2D eigenvalue weighted by Crippen LogP contribution is -2.47. The fraction of sp³-hybridized carbons (Fsp3) is 0.429. The van der Waals surface area contributed by atoms with Crippen LogP contribution in [0.5, 0.6) is 34.8 Å². The van der Waals surface area contributed by atoms with Gasteiger partial charge in [-0.3, -0.25) is 14.4 Å². The van der Waals surface area contributed by atoms with E-state index in [9.17, 15) is 19.5 Å². The van der Waals surface area contributed by atoms with Crippen molar-refractivity contribution < 1.29 is 52.6 Å². The van der Waals surface area contributed by atoms with Crippen molar-refractivity contribution in [1.82, 2.24) is 49.1 Å². The van der Waals surface area contributed by atoms with Gasteiger partial charge in [0.25, 0.3) is 17.7 Å². The highest BCUT2D eigenvalue weighted by Gasteiger charge is 2.25. The van der Waals surface area contributed by atoms with Crippen LogP contribution in [0.2, 0.25) is 0 Å². The molecule has 0 unspecified atom stereocenters. The van der Waals surface area contributed by atoms with Crippen molar-refractivity contribution in [2.24, 2.45) is 10.7 Å². The summed E-state index contributed by atoms with van der Waals surface area (Å²) in [6, 6.07) is 18.1. The number of hydrogen-bond donors (Lipinski definition) is 3. The molecule has 3 aliphatic rings. The SMILES string of the molecule is COC[C@H](C)Oc1cc(Oc2cnc(C(=O)N3CCN(C)CC3)cn2)cc(-c2ccc(C(N)=O)n2C[C@@H](C)O)c1.COC[C@H](C)Oc1cc(Oc2cnc(C(=O)N3CCN(C)CC3)cn2)cc(-c2ccc(C3=NC[C@H](C)O3)[nH]2)c1. The summed E-state index contributed by atoms with van der Waals surface area (Å²) in [5.41, 5.74) is 10.2. The molecule has 2 aromatic carbocycles. The van der Waals surface area contributed by atoms with Gasteiger partial charge in [0.2, 0.25) is 17.7 Å². The first-order valence-electron chi connectivity index (χ1n) is 26.2. The summed E-state index contributed by atoms with van der Waals surface area (Å²) in [6.07, 6.45) is 4.67. The molecule has 0 saturated carbocycles. The summed E-state index contributed by atoms with van der Waals surface area (Å²) in [4.78, 5) is 70.7. The fourth-order valence-corrected chi connectivity index (χ4v) is 8.96. The molecule has 420 valence electrons. The van der Waals surface area contributed by atoms with Crippen LogP contribution in [-0.4, -0.2) is 203 Å². The Balaban J connectivity index is 0.000000208. The lowest BCUT2D eigenvalue weighted by atomic mass is 10.1. The van der Waals surface area contributed by atoms with E-state index in [2.05, 4.69) is 39.7 Å². The van der Waals surface area contributed by atoms with Crippen LogP contribution in [0.4, 0.5) is 0 Å². The van der Waals surface area contributed by atoms with Gasteiger partial charge in [-0.05, 0) is 90.3 Å². The van der Waals surface area contributed by atoms with Gasteiger partial charge in [-0.2, -0.15) is 0 Å². The third-order valence-corrected chi connectivity index (χ3v) is 13.0. The molecule has 9 rings (SSSR count). The normalized spacial score (nSPS) is 16.9. The number of piperazine rings is 2. The Morgan fingerprint density at radius 1 is 0.671 bits per heavy atom. The first-order chi connectivity index (χ1) is 38.0. The predicted octanol–water partition coefficient (Wildman–Crippen LogP) is 5.25. The Bertz CT molecular complexity index is 3040. The van der Waals surface area contributed by atoms with E-state index in [0.717, 1.165) is 43.1 Å². The topological polar surface area (TPSA) is 260 Å². The second-order valence-corrected chi connectivity index (χ2v) is 19.8. The number of nitrogens with one attached hydrogen (secondary N) is 1. The number of carbonyl (C=O) groups is 3. The number of aliphatic hydroxyl groups excluding tert-OH is 1. The van der Waals surface area contributed by atoms with E-state index in [1.807, 2.05) is 59.1 Å². The molecule has 6 aromatic rings. The number of carbonyl (C=O) groups excluding carboxylic acids is 3. The third kappa shape index (κ3) is 15.4. The second kappa shape index (κ2) is 26.6. The number of aliphatic imine (C=N–C) groups is 1. The van der Waals surface area contributed by atoms with E-state index in [1.54, 1.807) is 71.9 Å². The largest absolute Gasteiger partial charge is 0.488 e. The van der Waals surface area contributed by atoms with E-state index >= 15 is 0 Å². The van der Waals surface area contributed by atoms with Gasteiger partial charge < -0.3 is 73.1 Å². The van der Waals surface area contributed by atoms with Crippen molar-refractivity contribution in [3.8, 4) is 57.3 Å². The molecular formula is C56H70N12O11. The molecule has 0 spiro atoms. The molecule has 23 nitrogen and oxygen atoms in total. The number of rotatable bonds is 20. The van der Waals surface area contributed by atoms with Gasteiger partial charge in [0.15, 0.2) is 0 Å². The predicted molar refractivity (Wildman–Crippen MR) is 293 cm³/mol. The van der Waals surface area contributed by atoms with E-state index in [-0.39, 0.29) is 59.8 Å². The molecule has 3 aliphatic heterocycles. The third-order valence-electron chi connectivity index (χ3n) is 13.0. The number of H-pyrrole nitrogens is 1. The standard InChI is InChI=1S/C28H36N6O6.C28H34N6O5/c1-18(35)16-34-24(5-6-25(34)27(29)36)20-11-21(39-19(2)17-38-4)13-22(12-20)40-26-15-30-23(14-31-26)28(37)33-9-7-32(3)8-10-33;1-18-14-31-27(38-18)24-6-5-23(32-24)20-11-21(37-19(2)17-36-4)13-22(12-20)39-26-16-29-25(15-30-26)28(35)34-9-7-33(3)8-10-34/h5-6,11-15,18-19,35H,7-10,16-17H2,1-4H3,(H2,29,36);5-6,11-13,15-16,18-19,32H,7-10,14,17H2,1-4H3/t18-,19+;18-,19-/m10/s1. The molecule has 2 saturated heterocycles. The number of nitrogens with zero attached hydrogens (tertiary/aromatic N) is 10. The molecule has 4 aromatic heterocycles. The van der Waals surface area contributed by atoms with Crippen LogP contribution < -0.4 is 24.7 Å². The van der Waals surface area contributed by atoms with Gasteiger partial charge >= 0.3 is 0 Å². The molecule has 7 heterocycles. The lowest BCUT2D eigenvalue weighted by molar-refractivity contribution is 0.0650. The van der Waals surface area contributed by atoms with Crippen LogP contribution in [0.1, 0.15) is 64.9 Å². The Morgan fingerprint density at radius 3 is 1.62 bits per heavy atom. The molecule has 23 heteroatoms. The van der Waals surface area contributed by atoms with Crippen molar-refractivity contribution in [1.29, 1.82) is 0 Å². The minimum Gasteiger partial charge on any atom is -0.488 e. The van der Waals surface area contributed by atoms with Crippen LogP contribution in [0.3, 0.4) is 0 Å². The zero-order chi connectivity index (χ0) is 56.2. The first-order valence-corrected chi connectivity index (χ1v) is 26.2. The molecule has 0 radical (unpaired) electrons. The zero-order valence-corrected chi connectivity index (χ0v) is 46.0. The van der Waals surface area contributed by atoms with Crippen LogP contribution in [-0.2, 0) is 20.8 Å². The molecular weight excluding hydrogens is 1020 g/mol. The molecule has 0 bridgehead atoms. The average molecular weight is 1090 g/mol. The van der Waals surface area contributed by atoms with Crippen molar-refractivity contribution in [2.75, 3.05) is 100 Å². The van der Waals surface area contributed by atoms with Crippen LogP contribution in [0, 0.1) is 0 Å². The number of aromatic nitrogens is 6. The molecule has 2 fully saturated rings. The summed E-state index contributed by atoms with van der Waals surface area (Å²) < 4.78 is 42.1. The number of nitrogens with two attached hydrogens (primary N) is 1. The summed E-state index contributed by atoms with van der Waals surface area (Å²) >= 11 is 0. The summed E-state index contributed by atoms with van der Waals surface area (Å²) in [7, 11) is 7.30. The van der Waals surface area contributed by atoms with Crippen molar-refractivity contribution >= 4 is 23.6 Å². The summed E-state index contributed by atoms with van der Waals surface area (Å²) in [5.74, 6) is 2.19.